The molecule has 9 heteroatoms. The van der Waals surface area contributed by atoms with E-state index in [1.54, 1.807) is 0 Å². The summed E-state index contributed by atoms with van der Waals surface area (Å²) in [5.41, 5.74) is 5.74. The number of sulfonamides is 1. The van der Waals surface area contributed by atoms with Crippen molar-refractivity contribution in [3.8, 4) is 5.75 Å². The number of fused-ring (bicyclic) bond motifs is 1. The summed E-state index contributed by atoms with van der Waals surface area (Å²) in [4.78, 5) is 25.2. The molecule has 3 aromatic rings. The van der Waals surface area contributed by atoms with Gasteiger partial charge in [-0.2, -0.15) is 4.31 Å². The topological polar surface area (TPSA) is 105 Å². The van der Waals surface area contributed by atoms with Gasteiger partial charge in [-0.15, -0.1) is 0 Å². The smallest absolute Gasteiger partial charge is 0.269 e. The molecule has 2 N–H and O–H groups in total. The van der Waals surface area contributed by atoms with Gasteiger partial charge >= 0.3 is 0 Å². The van der Waals surface area contributed by atoms with E-state index in [2.05, 4.69) is 10.9 Å². The van der Waals surface area contributed by atoms with Gasteiger partial charge in [0.1, 0.15) is 10.6 Å². The Hall–Kier alpha value is -3.43. The maximum absolute atomic E-state index is 13.4. The fourth-order valence-corrected chi connectivity index (χ4v) is 6.32. The largest absolute Gasteiger partial charge is 0.495 e. The van der Waals surface area contributed by atoms with Crippen molar-refractivity contribution in [2.75, 3.05) is 13.7 Å². The molecule has 1 saturated heterocycles. The zero-order chi connectivity index (χ0) is 25.0. The molecular formula is C26H29N3O5S. The number of hydrazine groups is 1. The summed E-state index contributed by atoms with van der Waals surface area (Å²) in [6.45, 7) is 2.30. The first-order chi connectivity index (χ1) is 16.8. The number of carbonyl (C=O) groups excluding carboxylic acids is 2. The number of hydrogen-bond acceptors (Lipinski definition) is 5. The number of piperidine rings is 1. The standard InChI is InChI=1S/C26H29N3O5S/c1-18-8-5-6-15-29(18)35(32,33)24-16-21(13-14-23(24)34-2)26(31)28-27-25(30)17-20-11-7-10-19-9-3-4-12-22(19)20/h3-4,7,9-14,16,18H,5-6,8,15,17H2,1-2H3,(H,27,30)(H,28,31). The van der Waals surface area contributed by atoms with E-state index < -0.39 is 21.8 Å². The Morgan fingerprint density at radius 2 is 1.80 bits per heavy atom. The Morgan fingerprint density at radius 3 is 2.57 bits per heavy atom. The molecule has 1 aliphatic rings. The zero-order valence-corrected chi connectivity index (χ0v) is 20.6. The van der Waals surface area contributed by atoms with Crippen LogP contribution in [0.3, 0.4) is 0 Å². The third-order valence-corrected chi connectivity index (χ3v) is 8.34. The summed E-state index contributed by atoms with van der Waals surface area (Å²) in [5, 5.41) is 1.99. The van der Waals surface area contributed by atoms with Crippen LogP contribution < -0.4 is 15.6 Å². The van der Waals surface area contributed by atoms with Gasteiger partial charge in [-0.1, -0.05) is 48.9 Å². The van der Waals surface area contributed by atoms with Gasteiger partial charge < -0.3 is 4.74 Å². The fraction of sp³-hybridized carbons (Fsp3) is 0.308. The van der Waals surface area contributed by atoms with Gasteiger partial charge in [0, 0.05) is 18.2 Å². The summed E-state index contributed by atoms with van der Waals surface area (Å²) < 4.78 is 33.5. The summed E-state index contributed by atoms with van der Waals surface area (Å²) >= 11 is 0. The van der Waals surface area contributed by atoms with Crippen molar-refractivity contribution in [3.05, 3.63) is 71.8 Å². The predicted molar refractivity (Wildman–Crippen MR) is 133 cm³/mol. The second-order valence-corrected chi connectivity index (χ2v) is 10.5. The van der Waals surface area contributed by atoms with Gasteiger partial charge in [0.05, 0.1) is 13.5 Å². The Bertz CT molecular complexity index is 1350. The number of nitrogens with one attached hydrogen (secondary N) is 2. The molecule has 1 unspecified atom stereocenters. The van der Waals surface area contributed by atoms with Crippen LogP contribution in [0.25, 0.3) is 10.8 Å². The lowest BCUT2D eigenvalue weighted by Gasteiger charge is -2.32. The number of methoxy groups -OCH3 is 1. The maximum atomic E-state index is 13.4. The van der Waals surface area contributed by atoms with Gasteiger partial charge in [-0.25, -0.2) is 8.42 Å². The van der Waals surface area contributed by atoms with Crippen LogP contribution in [0, 0.1) is 0 Å². The van der Waals surface area contributed by atoms with E-state index in [0.29, 0.717) is 6.54 Å². The minimum absolute atomic E-state index is 0.0662. The molecule has 2 amide bonds. The van der Waals surface area contributed by atoms with Crippen LogP contribution in [0.5, 0.6) is 5.75 Å². The molecule has 184 valence electrons. The molecule has 1 fully saturated rings. The first-order valence-corrected chi connectivity index (χ1v) is 13.0. The minimum atomic E-state index is -3.86. The third kappa shape index (κ3) is 5.31. The number of ether oxygens (including phenoxy) is 1. The Kier molecular flexibility index (Phi) is 7.37. The van der Waals surface area contributed by atoms with Crippen LogP contribution in [-0.4, -0.2) is 44.2 Å². The summed E-state index contributed by atoms with van der Waals surface area (Å²) in [6.07, 6.45) is 2.63. The van der Waals surface area contributed by atoms with Crippen molar-refractivity contribution in [2.45, 2.75) is 43.5 Å². The number of benzene rings is 3. The van der Waals surface area contributed by atoms with Gasteiger partial charge in [0.25, 0.3) is 5.91 Å². The first-order valence-electron chi connectivity index (χ1n) is 11.6. The molecule has 3 aromatic carbocycles. The number of amides is 2. The van der Waals surface area contributed by atoms with E-state index in [0.717, 1.165) is 35.6 Å². The Morgan fingerprint density at radius 1 is 1.03 bits per heavy atom. The van der Waals surface area contributed by atoms with E-state index in [4.69, 9.17) is 4.74 Å². The monoisotopic (exact) mass is 495 g/mol. The van der Waals surface area contributed by atoms with Crippen molar-refractivity contribution in [3.63, 3.8) is 0 Å². The van der Waals surface area contributed by atoms with E-state index >= 15 is 0 Å². The van der Waals surface area contributed by atoms with Gasteiger partial charge in [-0.05, 0) is 54.3 Å². The highest BCUT2D eigenvalue weighted by Gasteiger charge is 2.33. The van der Waals surface area contributed by atoms with Crippen molar-refractivity contribution in [2.24, 2.45) is 0 Å². The van der Waals surface area contributed by atoms with Gasteiger partial charge in [0.15, 0.2) is 0 Å². The van der Waals surface area contributed by atoms with Crippen molar-refractivity contribution >= 4 is 32.6 Å². The highest BCUT2D eigenvalue weighted by Crippen LogP contribution is 2.31. The number of carbonyl (C=O) groups is 2. The predicted octanol–water partition coefficient (Wildman–Crippen LogP) is 3.42. The quantitative estimate of drug-likeness (QED) is 0.510. The SMILES string of the molecule is COc1ccc(C(=O)NNC(=O)Cc2cccc3ccccc23)cc1S(=O)(=O)N1CCCCC1C. The van der Waals surface area contributed by atoms with Crippen LogP contribution in [-0.2, 0) is 21.2 Å². The Balaban J connectivity index is 1.48. The lowest BCUT2D eigenvalue weighted by molar-refractivity contribution is -0.121. The number of nitrogens with zero attached hydrogens (tertiary/aromatic N) is 1. The van der Waals surface area contributed by atoms with Crippen molar-refractivity contribution < 1.29 is 22.7 Å². The average Bonchev–Trinajstić information content (AvgIpc) is 2.87. The minimum Gasteiger partial charge on any atom is -0.495 e. The van der Waals surface area contributed by atoms with Crippen LogP contribution in [0.1, 0.15) is 42.1 Å². The van der Waals surface area contributed by atoms with Crippen molar-refractivity contribution in [1.29, 1.82) is 0 Å². The molecule has 0 saturated carbocycles. The van der Waals surface area contributed by atoms with Crippen molar-refractivity contribution in [1.82, 2.24) is 15.2 Å². The molecule has 4 rings (SSSR count). The van der Waals surface area contributed by atoms with Crippen LogP contribution >= 0.6 is 0 Å². The second-order valence-electron chi connectivity index (χ2n) is 8.64. The molecule has 0 aromatic heterocycles. The molecule has 0 aliphatic carbocycles. The lowest BCUT2D eigenvalue weighted by atomic mass is 10.0. The molecule has 1 heterocycles. The second kappa shape index (κ2) is 10.5. The summed E-state index contributed by atoms with van der Waals surface area (Å²) in [6, 6.07) is 17.5. The summed E-state index contributed by atoms with van der Waals surface area (Å²) in [7, 11) is -2.47. The highest BCUT2D eigenvalue weighted by molar-refractivity contribution is 7.89. The number of rotatable bonds is 6. The van der Waals surface area contributed by atoms with E-state index in [9.17, 15) is 18.0 Å². The lowest BCUT2D eigenvalue weighted by Crippen LogP contribution is -2.43. The normalized spacial score (nSPS) is 16.6. The van der Waals surface area contributed by atoms with Gasteiger partial charge in [0.2, 0.25) is 15.9 Å². The number of hydrogen-bond donors (Lipinski definition) is 2. The maximum Gasteiger partial charge on any atom is 0.269 e. The highest BCUT2D eigenvalue weighted by atomic mass is 32.2. The third-order valence-electron chi connectivity index (χ3n) is 6.30. The van der Waals surface area contributed by atoms with E-state index in [1.807, 2.05) is 49.4 Å². The molecule has 1 atom stereocenters. The molecule has 0 bridgehead atoms. The molecule has 35 heavy (non-hydrogen) atoms. The van der Waals surface area contributed by atoms with Gasteiger partial charge in [-0.3, -0.25) is 20.4 Å². The van der Waals surface area contributed by atoms with Crippen LogP contribution in [0.4, 0.5) is 0 Å². The van der Waals surface area contributed by atoms with Crippen LogP contribution in [0.2, 0.25) is 0 Å². The average molecular weight is 496 g/mol. The molecule has 0 spiro atoms. The van der Waals surface area contributed by atoms with Crippen LogP contribution in [0.15, 0.2) is 65.6 Å². The molecular weight excluding hydrogens is 466 g/mol. The first kappa shape index (κ1) is 24.7. The molecule has 8 nitrogen and oxygen atoms in total. The summed E-state index contributed by atoms with van der Waals surface area (Å²) in [5.74, 6) is -0.848. The zero-order valence-electron chi connectivity index (χ0n) is 19.8. The molecule has 1 aliphatic heterocycles. The van der Waals surface area contributed by atoms with E-state index in [1.165, 1.54) is 29.6 Å². The Labute approximate surface area is 205 Å². The molecule has 0 radical (unpaired) electrons. The van der Waals surface area contributed by atoms with E-state index in [-0.39, 0.29) is 28.7 Å². The fourth-order valence-electron chi connectivity index (χ4n) is 4.44.